The van der Waals surface area contributed by atoms with Crippen molar-refractivity contribution in [2.75, 3.05) is 5.32 Å². The monoisotopic (exact) mass is 402 g/mol. The minimum atomic E-state index is -0.591. The summed E-state index contributed by atoms with van der Waals surface area (Å²) in [7, 11) is 0. The largest absolute Gasteiger partial charge is 0.506 e. The van der Waals surface area contributed by atoms with Crippen molar-refractivity contribution in [1.82, 2.24) is 0 Å². The maximum absolute atomic E-state index is 13.1. The van der Waals surface area contributed by atoms with Crippen LogP contribution in [0.4, 0.5) is 11.4 Å². The fourth-order valence-electron chi connectivity index (χ4n) is 4.19. The molecular weight excluding hydrogens is 380 g/mol. The van der Waals surface area contributed by atoms with Crippen molar-refractivity contribution >= 4 is 17.3 Å². The zero-order valence-electron chi connectivity index (χ0n) is 16.8. The van der Waals surface area contributed by atoms with Crippen LogP contribution in [0.3, 0.4) is 0 Å². The van der Waals surface area contributed by atoms with E-state index in [0.717, 1.165) is 28.3 Å². The van der Waals surface area contributed by atoms with E-state index in [1.165, 1.54) is 12.1 Å². The third-order valence-corrected chi connectivity index (χ3v) is 5.79. The summed E-state index contributed by atoms with van der Waals surface area (Å²) in [5.41, 5.74) is 3.92. The number of phenolic OH excluding ortho intramolecular Hbond substituents is 1. The van der Waals surface area contributed by atoms with Gasteiger partial charge in [0.1, 0.15) is 5.75 Å². The molecule has 1 aliphatic rings. The topological polar surface area (TPSA) is 92.5 Å². The van der Waals surface area contributed by atoms with Crippen LogP contribution in [0.2, 0.25) is 0 Å². The summed E-state index contributed by atoms with van der Waals surface area (Å²) in [5.74, 6) is -0.854. The van der Waals surface area contributed by atoms with Gasteiger partial charge in [0.05, 0.1) is 22.6 Å². The van der Waals surface area contributed by atoms with Gasteiger partial charge in [-0.3, -0.25) is 14.9 Å². The number of nitrogens with zero attached hydrogens (tertiary/aromatic N) is 1. The van der Waals surface area contributed by atoms with Crippen LogP contribution < -0.4 is 5.32 Å². The van der Waals surface area contributed by atoms with Gasteiger partial charge in [-0.15, -0.1) is 0 Å². The highest BCUT2D eigenvalue weighted by molar-refractivity contribution is 5.98. The second-order valence-corrected chi connectivity index (χ2v) is 7.91. The number of carbonyl (C=O) groups is 1. The lowest BCUT2D eigenvalue weighted by Gasteiger charge is -2.20. The van der Waals surface area contributed by atoms with Crippen molar-refractivity contribution in [2.45, 2.75) is 25.7 Å². The molecule has 0 aromatic heterocycles. The predicted molar refractivity (Wildman–Crippen MR) is 115 cm³/mol. The molecule has 0 bridgehead atoms. The van der Waals surface area contributed by atoms with Crippen LogP contribution in [0.1, 0.15) is 28.7 Å². The number of phenols is 1. The molecule has 4 rings (SSSR count). The highest BCUT2D eigenvalue weighted by atomic mass is 16.6. The van der Waals surface area contributed by atoms with Crippen molar-refractivity contribution in [1.29, 1.82) is 0 Å². The summed E-state index contributed by atoms with van der Waals surface area (Å²) in [4.78, 5) is 23.4. The van der Waals surface area contributed by atoms with Crippen molar-refractivity contribution in [2.24, 2.45) is 5.92 Å². The molecule has 0 saturated heterocycles. The van der Waals surface area contributed by atoms with E-state index in [1.54, 1.807) is 0 Å². The fraction of sp³-hybridized carbons (Fsp3) is 0.208. The van der Waals surface area contributed by atoms with Crippen LogP contribution in [-0.2, 0) is 10.2 Å². The van der Waals surface area contributed by atoms with E-state index in [1.807, 2.05) is 50.2 Å². The van der Waals surface area contributed by atoms with E-state index in [2.05, 4.69) is 17.4 Å². The number of aromatic hydroxyl groups is 1. The second kappa shape index (κ2) is 7.30. The number of nitrogens with one attached hydrogen (secondary N) is 1. The van der Waals surface area contributed by atoms with Crippen LogP contribution in [0, 0.1) is 29.9 Å². The van der Waals surface area contributed by atoms with Gasteiger partial charge in [-0.25, -0.2) is 0 Å². The van der Waals surface area contributed by atoms with Crippen LogP contribution in [0.25, 0.3) is 0 Å². The maximum atomic E-state index is 13.1. The maximum Gasteiger partial charge on any atom is 0.273 e. The number of amides is 1. The average Bonchev–Trinajstić information content (AvgIpc) is 3.46. The van der Waals surface area contributed by atoms with E-state index >= 15 is 0 Å². The average molecular weight is 402 g/mol. The quantitative estimate of drug-likeness (QED) is 0.362. The molecule has 1 saturated carbocycles. The van der Waals surface area contributed by atoms with Crippen LogP contribution >= 0.6 is 0 Å². The molecule has 0 aliphatic heterocycles. The Kier molecular flexibility index (Phi) is 4.78. The summed E-state index contributed by atoms with van der Waals surface area (Å²) < 4.78 is 0. The molecule has 3 aromatic rings. The molecule has 152 valence electrons. The Balaban J connectivity index is 1.67. The molecule has 6 nitrogen and oxygen atoms in total. The molecule has 3 aromatic carbocycles. The van der Waals surface area contributed by atoms with Gasteiger partial charge in [-0.05, 0) is 37.5 Å². The van der Waals surface area contributed by atoms with E-state index in [0.29, 0.717) is 6.42 Å². The first kappa shape index (κ1) is 19.6. The van der Waals surface area contributed by atoms with E-state index in [9.17, 15) is 20.0 Å². The number of benzene rings is 3. The first-order valence-corrected chi connectivity index (χ1v) is 9.74. The Bertz CT molecular complexity index is 1110. The third-order valence-electron chi connectivity index (χ3n) is 5.79. The molecule has 1 atom stereocenters. The molecule has 0 spiro atoms. The highest BCUT2D eigenvalue weighted by Crippen LogP contribution is 2.59. The lowest BCUT2D eigenvalue weighted by atomic mass is 9.84. The van der Waals surface area contributed by atoms with Gasteiger partial charge in [0.2, 0.25) is 5.91 Å². The first-order chi connectivity index (χ1) is 14.3. The number of nitro benzene ring substituents is 1. The first-order valence-electron chi connectivity index (χ1n) is 9.74. The zero-order valence-corrected chi connectivity index (χ0v) is 16.8. The van der Waals surface area contributed by atoms with Crippen molar-refractivity contribution in [3.8, 4) is 5.75 Å². The van der Waals surface area contributed by atoms with Gasteiger partial charge in [0.25, 0.3) is 5.69 Å². The molecule has 30 heavy (non-hydrogen) atoms. The number of non-ortho nitro benzene ring substituents is 1. The van der Waals surface area contributed by atoms with Crippen molar-refractivity contribution in [3.63, 3.8) is 0 Å². The normalized spacial score (nSPS) is 16.7. The number of aryl methyl sites for hydroxylation is 2. The molecular formula is C24H22N2O4. The summed E-state index contributed by atoms with van der Waals surface area (Å²) in [5, 5.41) is 23.7. The van der Waals surface area contributed by atoms with Gasteiger partial charge < -0.3 is 10.4 Å². The molecule has 1 amide bonds. The Morgan fingerprint density at radius 1 is 1.03 bits per heavy atom. The smallest absolute Gasteiger partial charge is 0.273 e. The molecule has 0 radical (unpaired) electrons. The SMILES string of the molecule is Cc1cccc(C2(c3cccc(C)c3)C[C@H]2C(=O)Nc2ccc([N+](=O)[O-])cc2O)c1. The number of anilines is 1. The number of rotatable bonds is 5. The van der Waals surface area contributed by atoms with Crippen LogP contribution in [-0.4, -0.2) is 15.9 Å². The zero-order chi connectivity index (χ0) is 21.5. The number of hydrogen-bond donors (Lipinski definition) is 2. The van der Waals surface area contributed by atoms with Gasteiger partial charge in [-0.2, -0.15) is 0 Å². The van der Waals surface area contributed by atoms with E-state index < -0.39 is 10.3 Å². The molecule has 1 fully saturated rings. The highest BCUT2D eigenvalue weighted by Gasteiger charge is 2.60. The minimum absolute atomic E-state index is 0.167. The second-order valence-electron chi connectivity index (χ2n) is 7.91. The standard InChI is InChI=1S/C24H22N2O4/c1-15-5-3-7-17(11-15)24(18-8-4-6-16(2)12-18)14-20(24)23(28)25-21-10-9-19(26(29)30)13-22(21)27/h3-13,20,27H,14H2,1-2H3,(H,25,28)/t20-/m0/s1. The Morgan fingerprint density at radius 3 is 2.13 bits per heavy atom. The van der Waals surface area contributed by atoms with Crippen LogP contribution in [0.5, 0.6) is 5.75 Å². The van der Waals surface area contributed by atoms with E-state index in [-0.39, 0.29) is 28.9 Å². The lowest BCUT2D eigenvalue weighted by molar-refractivity contribution is -0.384. The summed E-state index contributed by atoms with van der Waals surface area (Å²) in [6.07, 6.45) is 0.652. The van der Waals surface area contributed by atoms with Gasteiger partial charge >= 0.3 is 0 Å². The molecule has 6 heteroatoms. The van der Waals surface area contributed by atoms with Crippen LogP contribution in [0.15, 0.2) is 66.7 Å². The molecule has 0 heterocycles. The Labute approximate surface area is 174 Å². The van der Waals surface area contributed by atoms with Crippen molar-refractivity contribution < 1.29 is 14.8 Å². The summed E-state index contributed by atoms with van der Waals surface area (Å²) in [6.45, 7) is 4.06. The summed E-state index contributed by atoms with van der Waals surface area (Å²) in [6, 6.07) is 20.0. The molecule has 1 aliphatic carbocycles. The molecule has 2 N–H and O–H groups in total. The van der Waals surface area contributed by atoms with Gasteiger partial charge in [0.15, 0.2) is 0 Å². The third kappa shape index (κ3) is 3.41. The van der Waals surface area contributed by atoms with Crippen molar-refractivity contribution in [3.05, 3.63) is 99.1 Å². The number of carbonyl (C=O) groups excluding carboxylic acids is 1. The predicted octanol–water partition coefficient (Wildman–Crippen LogP) is 4.86. The Hall–Kier alpha value is -3.67. The molecule has 0 unspecified atom stereocenters. The van der Waals surface area contributed by atoms with Gasteiger partial charge in [-0.1, -0.05) is 59.7 Å². The van der Waals surface area contributed by atoms with E-state index in [4.69, 9.17) is 0 Å². The fourth-order valence-corrected chi connectivity index (χ4v) is 4.19. The lowest BCUT2D eigenvalue weighted by Crippen LogP contribution is -2.22. The number of nitro groups is 1. The Morgan fingerprint density at radius 2 is 1.63 bits per heavy atom. The number of hydrogen-bond acceptors (Lipinski definition) is 4. The minimum Gasteiger partial charge on any atom is -0.506 e. The summed E-state index contributed by atoms with van der Waals surface area (Å²) >= 11 is 0. The van der Waals surface area contributed by atoms with Gasteiger partial charge in [0, 0.05) is 11.5 Å².